The maximum absolute atomic E-state index is 13.0. The Bertz CT molecular complexity index is 1050. The van der Waals surface area contributed by atoms with Gasteiger partial charge < -0.3 is 15.4 Å². The maximum Gasteiger partial charge on any atom is 0.349 e. The third-order valence-electron chi connectivity index (χ3n) is 3.93. The molecule has 0 saturated heterocycles. The molecule has 29 heavy (non-hydrogen) atoms. The van der Waals surface area contributed by atoms with Crippen molar-refractivity contribution in [3.8, 4) is 0 Å². The maximum atomic E-state index is 13.0. The van der Waals surface area contributed by atoms with E-state index in [1.54, 1.807) is 36.6 Å². The van der Waals surface area contributed by atoms with Gasteiger partial charge in [-0.05, 0) is 60.3 Å². The summed E-state index contributed by atoms with van der Waals surface area (Å²) in [7, 11) is 0. The molecule has 1 aromatic heterocycles. The molecule has 8 heteroatoms. The zero-order chi connectivity index (χ0) is 20.8. The minimum absolute atomic E-state index is 0.214. The van der Waals surface area contributed by atoms with Crippen LogP contribution in [-0.4, -0.2) is 24.4 Å². The quantitative estimate of drug-likeness (QED) is 0.593. The highest BCUT2D eigenvalue weighted by molar-refractivity contribution is 7.12. The van der Waals surface area contributed by atoms with E-state index in [1.807, 2.05) is 0 Å². The van der Waals surface area contributed by atoms with E-state index in [-0.39, 0.29) is 11.3 Å². The molecule has 0 atom stereocenters. The number of thiophene rings is 1. The van der Waals surface area contributed by atoms with E-state index >= 15 is 0 Å². The van der Waals surface area contributed by atoms with Crippen LogP contribution in [0, 0.1) is 12.7 Å². The van der Waals surface area contributed by atoms with Gasteiger partial charge in [0.25, 0.3) is 11.8 Å². The third kappa shape index (κ3) is 5.26. The minimum atomic E-state index is -0.574. The summed E-state index contributed by atoms with van der Waals surface area (Å²) in [4.78, 5) is 37.1. The highest BCUT2D eigenvalue weighted by Gasteiger charge is 2.16. The van der Waals surface area contributed by atoms with E-state index in [9.17, 15) is 18.8 Å². The number of para-hydroxylation sites is 1. The molecule has 0 aliphatic carbocycles. The normalized spacial score (nSPS) is 10.3. The minimum Gasteiger partial charge on any atom is -0.451 e. The molecule has 0 bridgehead atoms. The van der Waals surface area contributed by atoms with Crippen molar-refractivity contribution in [2.45, 2.75) is 6.92 Å². The number of hydrogen-bond donors (Lipinski definition) is 2. The standard InChI is InChI=1S/C21H17FN2O4S/c1-13-10-11-29-19(13)21(27)28-12-18(25)24-17-5-3-2-4-16(17)20(26)23-15-8-6-14(22)7-9-15/h2-11H,12H2,1H3,(H,23,26)(H,24,25). The Morgan fingerprint density at radius 3 is 2.41 bits per heavy atom. The lowest BCUT2D eigenvalue weighted by Crippen LogP contribution is -2.23. The largest absolute Gasteiger partial charge is 0.451 e. The average Bonchev–Trinajstić information content (AvgIpc) is 3.14. The lowest BCUT2D eigenvalue weighted by Gasteiger charge is -2.12. The molecule has 6 nitrogen and oxygen atoms in total. The first-order valence-electron chi connectivity index (χ1n) is 8.61. The van der Waals surface area contributed by atoms with Gasteiger partial charge in [0.2, 0.25) is 0 Å². The van der Waals surface area contributed by atoms with Crippen molar-refractivity contribution in [3.63, 3.8) is 0 Å². The summed E-state index contributed by atoms with van der Waals surface area (Å²) in [5.41, 5.74) is 1.67. The zero-order valence-electron chi connectivity index (χ0n) is 15.4. The molecule has 0 unspecified atom stereocenters. The van der Waals surface area contributed by atoms with Crippen LogP contribution in [0.3, 0.4) is 0 Å². The molecule has 2 aromatic carbocycles. The van der Waals surface area contributed by atoms with Crippen LogP contribution in [-0.2, 0) is 9.53 Å². The summed E-state index contributed by atoms with van der Waals surface area (Å²) >= 11 is 1.24. The average molecular weight is 412 g/mol. The molecule has 148 valence electrons. The van der Waals surface area contributed by atoms with Gasteiger partial charge in [0.15, 0.2) is 6.61 Å². The molecular weight excluding hydrogens is 395 g/mol. The Kier molecular flexibility index (Phi) is 6.36. The second-order valence-electron chi connectivity index (χ2n) is 6.06. The Balaban J connectivity index is 1.63. The Hall–Kier alpha value is -3.52. The van der Waals surface area contributed by atoms with Gasteiger partial charge in [-0.2, -0.15) is 0 Å². The van der Waals surface area contributed by atoms with Crippen LogP contribution >= 0.6 is 11.3 Å². The van der Waals surface area contributed by atoms with Gasteiger partial charge in [-0.25, -0.2) is 9.18 Å². The van der Waals surface area contributed by atoms with E-state index in [2.05, 4.69) is 10.6 Å². The molecule has 3 rings (SSSR count). The van der Waals surface area contributed by atoms with E-state index < -0.39 is 30.2 Å². The van der Waals surface area contributed by atoms with Gasteiger partial charge in [-0.1, -0.05) is 12.1 Å². The van der Waals surface area contributed by atoms with Crippen molar-refractivity contribution in [2.75, 3.05) is 17.2 Å². The number of esters is 1. The van der Waals surface area contributed by atoms with Crippen LogP contribution in [0.5, 0.6) is 0 Å². The molecule has 1 heterocycles. The molecule has 0 aliphatic heterocycles. The van der Waals surface area contributed by atoms with Crippen molar-refractivity contribution in [1.82, 2.24) is 0 Å². The number of nitrogens with one attached hydrogen (secondary N) is 2. The monoisotopic (exact) mass is 412 g/mol. The number of anilines is 2. The topological polar surface area (TPSA) is 84.5 Å². The number of benzene rings is 2. The Labute approximate surface area is 170 Å². The fraction of sp³-hybridized carbons (Fsp3) is 0.0952. The third-order valence-corrected chi connectivity index (χ3v) is 4.93. The molecular formula is C21H17FN2O4S. The highest BCUT2D eigenvalue weighted by Crippen LogP contribution is 2.19. The molecule has 0 spiro atoms. The number of hydrogen-bond acceptors (Lipinski definition) is 5. The number of ether oxygens (including phenoxy) is 1. The lowest BCUT2D eigenvalue weighted by atomic mass is 10.1. The number of rotatable bonds is 6. The van der Waals surface area contributed by atoms with Gasteiger partial charge in [-0.3, -0.25) is 9.59 Å². The van der Waals surface area contributed by atoms with Crippen molar-refractivity contribution in [2.24, 2.45) is 0 Å². The Morgan fingerprint density at radius 2 is 1.72 bits per heavy atom. The second-order valence-corrected chi connectivity index (χ2v) is 6.98. The number of halogens is 1. The predicted octanol–water partition coefficient (Wildman–Crippen LogP) is 4.24. The smallest absolute Gasteiger partial charge is 0.349 e. The number of amides is 2. The van der Waals surface area contributed by atoms with Crippen LogP contribution in [0.25, 0.3) is 0 Å². The molecule has 0 aliphatic rings. The summed E-state index contributed by atoms with van der Waals surface area (Å²) in [6.07, 6.45) is 0. The number of aryl methyl sites for hydroxylation is 1. The first-order valence-corrected chi connectivity index (χ1v) is 9.49. The van der Waals surface area contributed by atoms with Crippen LogP contribution in [0.2, 0.25) is 0 Å². The van der Waals surface area contributed by atoms with Crippen molar-refractivity contribution in [1.29, 1.82) is 0 Å². The molecule has 0 radical (unpaired) electrons. The second kappa shape index (κ2) is 9.11. The summed E-state index contributed by atoms with van der Waals surface area (Å²) in [5, 5.41) is 6.97. The molecule has 2 N–H and O–H groups in total. The van der Waals surface area contributed by atoms with Crippen LogP contribution in [0.15, 0.2) is 60.0 Å². The van der Waals surface area contributed by atoms with Crippen molar-refractivity contribution >= 4 is 40.5 Å². The SMILES string of the molecule is Cc1ccsc1C(=O)OCC(=O)Nc1ccccc1C(=O)Nc1ccc(F)cc1. The summed E-state index contributed by atoms with van der Waals surface area (Å²) in [6.45, 7) is 1.30. The first-order chi connectivity index (χ1) is 13.9. The zero-order valence-corrected chi connectivity index (χ0v) is 16.2. The van der Waals surface area contributed by atoms with Gasteiger partial charge in [-0.15, -0.1) is 11.3 Å². The molecule has 0 saturated carbocycles. The van der Waals surface area contributed by atoms with Gasteiger partial charge in [0, 0.05) is 5.69 Å². The van der Waals surface area contributed by atoms with E-state index in [0.717, 1.165) is 5.56 Å². The molecule has 3 aromatic rings. The fourth-order valence-electron chi connectivity index (χ4n) is 2.49. The summed E-state index contributed by atoms with van der Waals surface area (Å²) < 4.78 is 18.0. The first kappa shape index (κ1) is 20.2. The molecule has 2 amide bonds. The van der Waals surface area contributed by atoms with E-state index in [1.165, 1.54) is 41.7 Å². The van der Waals surface area contributed by atoms with Gasteiger partial charge in [0.05, 0.1) is 11.3 Å². The molecule has 0 fully saturated rings. The van der Waals surface area contributed by atoms with Crippen LogP contribution in [0.1, 0.15) is 25.6 Å². The number of carbonyl (C=O) groups excluding carboxylic acids is 3. The van der Waals surface area contributed by atoms with Gasteiger partial charge >= 0.3 is 5.97 Å². The van der Waals surface area contributed by atoms with E-state index in [4.69, 9.17) is 4.74 Å². The highest BCUT2D eigenvalue weighted by atomic mass is 32.1. The fourth-order valence-corrected chi connectivity index (χ4v) is 3.30. The van der Waals surface area contributed by atoms with E-state index in [0.29, 0.717) is 10.6 Å². The van der Waals surface area contributed by atoms with Crippen LogP contribution in [0.4, 0.5) is 15.8 Å². The van der Waals surface area contributed by atoms with Gasteiger partial charge in [0.1, 0.15) is 10.7 Å². The summed E-state index contributed by atoms with van der Waals surface area (Å²) in [5.74, 6) is -2.04. The van der Waals surface area contributed by atoms with Crippen LogP contribution < -0.4 is 10.6 Å². The lowest BCUT2D eigenvalue weighted by molar-refractivity contribution is -0.119. The predicted molar refractivity (Wildman–Crippen MR) is 109 cm³/mol. The summed E-state index contributed by atoms with van der Waals surface area (Å²) in [6, 6.07) is 13.5. The van der Waals surface area contributed by atoms with Crippen molar-refractivity contribution < 1.29 is 23.5 Å². The van der Waals surface area contributed by atoms with Crippen molar-refractivity contribution in [3.05, 3.63) is 81.8 Å². The Morgan fingerprint density at radius 1 is 1.00 bits per heavy atom. The number of carbonyl (C=O) groups is 3.